The van der Waals surface area contributed by atoms with Crippen molar-refractivity contribution in [2.75, 3.05) is 0 Å². The lowest BCUT2D eigenvalue weighted by atomic mass is 9.99. The van der Waals surface area contributed by atoms with E-state index in [0.717, 1.165) is 11.1 Å². The van der Waals surface area contributed by atoms with Crippen LogP contribution >= 0.6 is 23.2 Å². The van der Waals surface area contributed by atoms with Gasteiger partial charge in [-0.2, -0.15) is 0 Å². The molecule has 0 bridgehead atoms. The van der Waals surface area contributed by atoms with Crippen LogP contribution in [0.2, 0.25) is 10.0 Å². The third-order valence-electron chi connectivity index (χ3n) is 5.63. The molecule has 0 radical (unpaired) electrons. The fourth-order valence-electron chi connectivity index (χ4n) is 3.79. The molecule has 3 aromatic carbocycles. The maximum atomic E-state index is 13.0. The monoisotopic (exact) mass is 480 g/mol. The van der Waals surface area contributed by atoms with E-state index in [4.69, 9.17) is 23.2 Å². The molecule has 1 fully saturated rings. The number of carbonyl (C=O) groups is 2. The van der Waals surface area contributed by atoms with Gasteiger partial charge in [0.05, 0.1) is 0 Å². The Morgan fingerprint density at radius 2 is 1.52 bits per heavy atom. The Morgan fingerprint density at radius 1 is 0.939 bits per heavy atom. The van der Waals surface area contributed by atoms with E-state index in [1.165, 1.54) is 5.56 Å². The van der Waals surface area contributed by atoms with Crippen molar-refractivity contribution in [3.05, 3.63) is 105 Å². The van der Waals surface area contributed by atoms with Crippen molar-refractivity contribution >= 4 is 41.2 Å². The average molecular weight is 481 g/mol. The van der Waals surface area contributed by atoms with Gasteiger partial charge in [-0.05, 0) is 60.0 Å². The van der Waals surface area contributed by atoms with Gasteiger partial charge in [0.15, 0.2) is 6.04 Å². The Bertz CT molecular complexity index is 1190. The summed E-state index contributed by atoms with van der Waals surface area (Å²) in [5, 5.41) is 4.01. The van der Waals surface area contributed by atoms with E-state index < -0.39 is 12.1 Å². The maximum absolute atomic E-state index is 13.0. The molecule has 2 N–H and O–H groups in total. The zero-order chi connectivity index (χ0) is 23.5. The van der Waals surface area contributed by atoms with Gasteiger partial charge in [-0.15, -0.1) is 10.1 Å². The number of hydrazine groups is 1. The number of halogens is 2. The van der Waals surface area contributed by atoms with E-state index in [-0.39, 0.29) is 11.8 Å². The number of hydrazone groups is 1. The van der Waals surface area contributed by atoms with Gasteiger partial charge in [0, 0.05) is 26.7 Å². The van der Waals surface area contributed by atoms with Gasteiger partial charge >= 0.3 is 5.91 Å². The topological polar surface area (TPSA) is 61.2 Å². The minimum absolute atomic E-state index is 0.299. The summed E-state index contributed by atoms with van der Waals surface area (Å²) < 4.78 is 1.74. The van der Waals surface area contributed by atoms with Crippen molar-refractivity contribution in [1.82, 2.24) is 10.7 Å². The van der Waals surface area contributed by atoms with Gasteiger partial charge in [-0.25, -0.2) is 0 Å². The molecule has 33 heavy (non-hydrogen) atoms. The fraction of sp³-hybridized carbons (Fsp3) is 0.192. The minimum Gasteiger partial charge on any atom is -0.334 e. The first-order valence-electron chi connectivity index (χ1n) is 10.7. The van der Waals surface area contributed by atoms with Crippen LogP contribution in [0.4, 0.5) is 0 Å². The van der Waals surface area contributed by atoms with E-state index in [1.54, 1.807) is 41.1 Å². The highest BCUT2D eigenvalue weighted by Crippen LogP contribution is 2.27. The van der Waals surface area contributed by atoms with Crippen LogP contribution in [0, 0.1) is 0 Å². The Labute approximate surface area is 203 Å². The van der Waals surface area contributed by atoms with Crippen LogP contribution in [0.5, 0.6) is 0 Å². The molecule has 1 aliphatic heterocycles. The number of benzene rings is 3. The summed E-state index contributed by atoms with van der Waals surface area (Å²) >= 11 is 12.0. The van der Waals surface area contributed by atoms with E-state index in [9.17, 15) is 9.59 Å². The normalized spacial score (nSPS) is 19.1. The number of rotatable bonds is 5. The van der Waals surface area contributed by atoms with Gasteiger partial charge in [0.1, 0.15) is 0 Å². The average Bonchev–Trinajstić information content (AvgIpc) is 3.09. The Kier molecular flexibility index (Phi) is 6.82. The molecule has 5 nitrogen and oxygen atoms in total. The summed E-state index contributed by atoms with van der Waals surface area (Å²) in [6.07, 6.45) is 1.87. The van der Waals surface area contributed by atoms with Crippen LogP contribution in [0.15, 0.2) is 72.8 Å². The third kappa shape index (κ3) is 5.27. The van der Waals surface area contributed by atoms with Gasteiger partial charge < -0.3 is 5.32 Å². The zero-order valence-electron chi connectivity index (χ0n) is 18.3. The second-order valence-corrected chi connectivity index (χ2v) is 9.16. The number of hydrogen-bond donors (Lipinski definition) is 2. The van der Waals surface area contributed by atoms with Crippen LogP contribution in [0.1, 0.15) is 52.9 Å². The van der Waals surface area contributed by atoms with Gasteiger partial charge in [-0.3, -0.25) is 9.59 Å². The summed E-state index contributed by atoms with van der Waals surface area (Å²) in [7, 11) is 0. The first kappa shape index (κ1) is 23.0. The standard InChI is InChI=1S/C26H23Cl2N3O2/c1-16(2)18-5-3-17(4-6-18)15-31-24(19-7-11-21(27)12-8-19)23(26(33)30-31)29-25(32)20-9-13-22(28)14-10-20/h3-16,23-24H,1-2H3,(H-,29,30,32,33)/p+1/b31-15-/t23-,24+/m1/s1. The number of hydrogen-bond acceptors (Lipinski definition) is 2. The van der Waals surface area contributed by atoms with Crippen LogP contribution in [-0.2, 0) is 4.79 Å². The molecular formula is C26H24Cl2N3O2+. The van der Waals surface area contributed by atoms with Crippen LogP contribution in [-0.4, -0.2) is 28.8 Å². The third-order valence-corrected chi connectivity index (χ3v) is 6.14. The predicted octanol–water partition coefficient (Wildman–Crippen LogP) is 5.13. The highest BCUT2D eigenvalue weighted by Gasteiger charge is 2.47. The first-order valence-corrected chi connectivity index (χ1v) is 11.4. The number of amides is 2. The van der Waals surface area contributed by atoms with Crippen molar-refractivity contribution < 1.29 is 14.3 Å². The molecule has 2 atom stereocenters. The molecular weight excluding hydrogens is 457 g/mol. The van der Waals surface area contributed by atoms with Crippen LogP contribution < -0.4 is 10.7 Å². The summed E-state index contributed by atoms with van der Waals surface area (Å²) in [5.41, 5.74) is 6.33. The summed E-state index contributed by atoms with van der Waals surface area (Å²) in [5.74, 6) is -0.221. The van der Waals surface area contributed by atoms with E-state index in [1.807, 2.05) is 30.5 Å². The van der Waals surface area contributed by atoms with E-state index in [0.29, 0.717) is 21.5 Å². The van der Waals surface area contributed by atoms with Crippen molar-refractivity contribution in [1.29, 1.82) is 0 Å². The number of nitrogens with one attached hydrogen (secondary N) is 2. The molecule has 4 rings (SSSR count). The molecule has 7 heteroatoms. The molecule has 168 valence electrons. The molecule has 0 saturated carbocycles. The molecule has 3 aromatic rings. The summed E-state index contributed by atoms with van der Waals surface area (Å²) in [4.78, 5) is 25.8. The van der Waals surface area contributed by atoms with Gasteiger partial charge in [0.25, 0.3) is 5.91 Å². The minimum atomic E-state index is -0.805. The van der Waals surface area contributed by atoms with Crippen molar-refractivity contribution in [2.45, 2.75) is 31.8 Å². The lowest BCUT2D eigenvalue weighted by Crippen LogP contribution is -2.42. The summed E-state index contributed by atoms with van der Waals surface area (Å²) in [6.45, 7) is 4.29. The quantitative estimate of drug-likeness (QED) is 0.497. The van der Waals surface area contributed by atoms with Gasteiger partial charge in [0.2, 0.25) is 12.3 Å². The molecule has 1 heterocycles. The molecule has 1 aliphatic rings. The molecule has 0 spiro atoms. The second-order valence-electron chi connectivity index (χ2n) is 8.29. The Hall–Kier alpha value is -3.15. The van der Waals surface area contributed by atoms with Crippen LogP contribution in [0.25, 0.3) is 0 Å². The van der Waals surface area contributed by atoms with Crippen molar-refractivity contribution in [3.63, 3.8) is 0 Å². The molecule has 2 amide bonds. The lowest BCUT2D eigenvalue weighted by molar-refractivity contribution is -0.596. The smallest absolute Gasteiger partial charge is 0.304 e. The number of carbonyl (C=O) groups excluding carboxylic acids is 2. The number of nitrogens with zero attached hydrogens (tertiary/aromatic N) is 1. The van der Waals surface area contributed by atoms with Crippen LogP contribution in [0.3, 0.4) is 0 Å². The molecule has 0 aromatic heterocycles. The van der Waals surface area contributed by atoms with Crippen molar-refractivity contribution in [2.24, 2.45) is 0 Å². The first-order chi connectivity index (χ1) is 15.8. The molecule has 1 saturated heterocycles. The summed E-state index contributed by atoms with van der Waals surface area (Å²) in [6, 6.07) is 20.7. The second kappa shape index (κ2) is 9.77. The van der Waals surface area contributed by atoms with Crippen molar-refractivity contribution in [3.8, 4) is 0 Å². The van der Waals surface area contributed by atoms with Gasteiger partial charge in [-0.1, -0.05) is 61.3 Å². The maximum Gasteiger partial charge on any atom is 0.304 e. The molecule has 0 aliphatic carbocycles. The largest absolute Gasteiger partial charge is 0.334 e. The predicted molar refractivity (Wildman–Crippen MR) is 131 cm³/mol. The highest BCUT2D eigenvalue weighted by atomic mass is 35.5. The molecule has 0 unspecified atom stereocenters. The SMILES string of the molecule is CC(C)c1ccc(/C=[N+]2\NC(=O)[C@H](NC(=O)c3ccc(Cl)cc3)[C@@H]2c2ccc(Cl)cc2)cc1. The van der Waals surface area contributed by atoms with E-state index in [2.05, 4.69) is 36.7 Å². The Balaban J connectivity index is 1.68. The van der Waals surface area contributed by atoms with E-state index >= 15 is 0 Å². The fourth-order valence-corrected chi connectivity index (χ4v) is 4.05. The zero-order valence-corrected chi connectivity index (χ0v) is 19.8. The lowest BCUT2D eigenvalue weighted by Gasteiger charge is -2.15. The highest BCUT2D eigenvalue weighted by molar-refractivity contribution is 6.30. The Morgan fingerprint density at radius 3 is 2.09 bits per heavy atom.